The monoisotopic (exact) mass is 365 g/mol. The maximum atomic E-state index is 13.6. The predicted molar refractivity (Wildman–Crippen MR) is 104 cm³/mol. The van der Waals surface area contributed by atoms with E-state index in [-0.39, 0.29) is 18.1 Å². The zero-order valence-electron chi connectivity index (χ0n) is 15.1. The number of aromatic nitrogens is 2. The molecule has 1 amide bonds. The van der Waals surface area contributed by atoms with E-state index in [2.05, 4.69) is 20.8 Å². The zero-order valence-corrected chi connectivity index (χ0v) is 15.1. The maximum Gasteiger partial charge on any atom is 0.272 e. The van der Waals surface area contributed by atoms with Crippen LogP contribution in [-0.2, 0) is 6.54 Å². The van der Waals surface area contributed by atoms with Crippen molar-refractivity contribution in [1.82, 2.24) is 15.5 Å². The molecule has 1 aromatic heterocycles. The number of nitrogens with zero attached hydrogens (tertiary/aromatic N) is 3. The van der Waals surface area contributed by atoms with Crippen LogP contribution in [0.5, 0.6) is 0 Å². The van der Waals surface area contributed by atoms with E-state index >= 15 is 0 Å². The van der Waals surface area contributed by atoms with E-state index in [0.717, 1.165) is 11.4 Å². The van der Waals surface area contributed by atoms with Gasteiger partial charge in [0.05, 0.1) is 0 Å². The van der Waals surface area contributed by atoms with Crippen LogP contribution in [-0.4, -0.2) is 30.2 Å². The molecule has 0 radical (unpaired) electrons. The second-order valence-corrected chi connectivity index (χ2v) is 6.14. The van der Waals surface area contributed by atoms with Gasteiger partial charge in [0.15, 0.2) is 11.5 Å². The minimum absolute atomic E-state index is 0.0887. The molecular formula is C20H20FN5O. The fourth-order valence-corrected chi connectivity index (χ4v) is 2.42. The lowest BCUT2D eigenvalue weighted by Crippen LogP contribution is -2.24. The maximum absolute atomic E-state index is 13.6. The van der Waals surface area contributed by atoms with Gasteiger partial charge in [0, 0.05) is 37.6 Å². The Kier molecular flexibility index (Phi) is 5.61. The molecule has 6 nitrogen and oxygen atoms in total. The van der Waals surface area contributed by atoms with Crippen molar-refractivity contribution in [2.75, 3.05) is 24.3 Å². The smallest absolute Gasteiger partial charge is 0.272 e. The number of hydrogen-bond acceptors (Lipinski definition) is 5. The van der Waals surface area contributed by atoms with Crippen molar-refractivity contribution in [2.24, 2.45) is 0 Å². The van der Waals surface area contributed by atoms with E-state index in [4.69, 9.17) is 0 Å². The predicted octanol–water partition coefficient (Wildman–Crippen LogP) is 3.36. The largest absolute Gasteiger partial charge is 0.378 e. The molecule has 0 saturated heterocycles. The van der Waals surface area contributed by atoms with Gasteiger partial charge in [-0.15, -0.1) is 10.2 Å². The van der Waals surface area contributed by atoms with Crippen LogP contribution in [0.2, 0.25) is 0 Å². The van der Waals surface area contributed by atoms with Gasteiger partial charge in [0.25, 0.3) is 5.91 Å². The fraction of sp³-hybridized carbons (Fsp3) is 0.150. The average molecular weight is 365 g/mol. The van der Waals surface area contributed by atoms with E-state index in [1.54, 1.807) is 30.3 Å². The highest BCUT2D eigenvalue weighted by Crippen LogP contribution is 2.18. The van der Waals surface area contributed by atoms with Gasteiger partial charge in [0.1, 0.15) is 5.82 Å². The first kappa shape index (κ1) is 18.3. The first-order valence-corrected chi connectivity index (χ1v) is 8.42. The Hall–Kier alpha value is -3.48. The summed E-state index contributed by atoms with van der Waals surface area (Å²) >= 11 is 0. The molecular weight excluding hydrogens is 345 g/mol. The summed E-state index contributed by atoms with van der Waals surface area (Å²) in [6, 6.07) is 17.4. The second-order valence-electron chi connectivity index (χ2n) is 6.14. The van der Waals surface area contributed by atoms with Crippen LogP contribution >= 0.6 is 0 Å². The van der Waals surface area contributed by atoms with Crippen molar-refractivity contribution in [1.29, 1.82) is 0 Å². The molecule has 138 valence electrons. The minimum atomic E-state index is -0.410. The molecule has 3 rings (SSSR count). The van der Waals surface area contributed by atoms with Gasteiger partial charge >= 0.3 is 0 Å². The third kappa shape index (κ3) is 4.78. The summed E-state index contributed by atoms with van der Waals surface area (Å²) in [6.45, 7) is 0.0887. The first-order valence-electron chi connectivity index (χ1n) is 8.42. The highest BCUT2D eigenvalue weighted by atomic mass is 19.1. The molecule has 0 spiro atoms. The zero-order chi connectivity index (χ0) is 19.2. The van der Waals surface area contributed by atoms with E-state index in [1.807, 2.05) is 43.3 Å². The van der Waals surface area contributed by atoms with Crippen molar-refractivity contribution < 1.29 is 9.18 Å². The number of anilines is 3. The van der Waals surface area contributed by atoms with Crippen molar-refractivity contribution >= 4 is 23.1 Å². The van der Waals surface area contributed by atoms with E-state index in [1.165, 1.54) is 6.07 Å². The standard InChI is InChI=1S/C20H20FN5O/c1-26(2)16-9-7-15(8-10-16)23-19-12-11-18(24-25-19)20(27)22-13-14-5-3-4-6-17(14)21/h3-12H,13H2,1-2H3,(H,22,27)(H,23,25). The normalized spacial score (nSPS) is 10.3. The number of benzene rings is 2. The molecule has 0 aliphatic carbocycles. The van der Waals surface area contributed by atoms with Crippen LogP contribution in [0.15, 0.2) is 60.7 Å². The molecule has 2 aromatic carbocycles. The lowest BCUT2D eigenvalue weighted by molar-refractivity contribution is 0.0944. The third-order valence-corrected chi connectivity index (χ3v) is 3.95. The highest BCUT2D eigenvalue weighted by Gasteiger charge is 2.09. The summed E-state index contributed by atoms with van der Waals surface area (Å²) < 4.78 is 13.6. The van der Waals surface area contributed by atoms with Crippen LogP contribution in [0.25, 0.3) is 0 Å². The summed E-state index contributed by atoms with van der Waals surface area (Å²) in [5.74, 6) is -0.241. The molecule has 0 aliphatic rings. The molecule has 1 heterocycles. The number of carbonyl (C=O) groups excluding carboxylic acids is 1. The summed E-state index contributed by atoms with van der Waals surface area (Å²) in [5, 5.41) is 13.7. The topological polar surface area (TPSA) is 70.2 Å². The molecule has 27 heavy (non-hydrogen) atoms. The van der Waals surface area contributed by atoms with Gasteiger partial charge < -0.3 is 15.5 Å². The van der Waals surface area contributed by atoms with E-state index in [0.29, 0.717) is 11.4 Å². The van der Waals surface area contributed by atoms with Crippen LogP contribution in [0, 0.1) is 5.82 Å². The van der Waals surface area contributed by atoms with Gasteiger partial charge in [0.2, 0.25) is 0 Å². The van der Waals surface area contributed by atoms with Crippen LogP contribution in [0.3, 0.4) is 0 Å². The third-order valence-electron chi connectivity index (χ3n) is 3.95. The van der Waals surface area contributed by atoms with E-state index in [9.17, 15) is 9.18 Å². The van der Waals surface area contributed by atoms with Gasteiger partial charge in [-0.25, -0.2) is 4.39 Å². The fourth-order valence-electron chi connectivity index (χ4n) is 2.42. The van der Waals surface area contributed by atoms with Crippen LogP contribution < -0.4 is 15.5 Å². The molecule has 0 fully saturated rings. The van der Waals surface area contributed by atoms with Crippen molar-refractivity contribution in [3.05, 3.63) is 77.7 Å². The number of amides is 1. The molecule has 7 heteroatoms. The minimum Gasteiger partial charge on any atom is -0.378 e. The Balaban J connectivity index is 1.59. The first-order chi connectivity index (χ1) is 13.0. The van der Waals surface area contributed by atoms with Gasteiger partial charge in [-0.2, -0.15) is 0 Å². The SMILES string of the molecule is CN(C)c1ccc(Nc2ccc(C(=O)NCc3ccccc3F)nn2)cc1. The number of rotatable bonds is 6. The van der Waals surface area contributed by atoms with Gasteiger partial charge in [-0.1, -0.05) is 18.2 Å². The van der Waals surface area contributed by atoms with Crippen molar-refractivity contribution in [2.45, 2.75) is 6.54 Å². The molecule has 0 bridgehead atoms. The lowest BCUT2D eigenvalue weighted by Gasteiger charge is -2.13. The molecule has 0 unspecified atom stereocenters. The summed E-state index contributed by atoms with van der Waals surface area (Å²) in [6.07, 6.45) is 0. The molecule has 2 N–H and O–H groups in total. The van der Waals surface area contributed by atoms with Gasteiger partial charge in [-0.3, -0.25) is 4.79 Å². The highest BCUT2D eigenvalue weighted by molar-refractivity contribution is 5.92. The van der Waals surface area contributed by atoms with Crippen LogP contribution in [0.1, 0.15) is 16.1 Å². The Morgan fingerprint density at radius 3 is 2.37 bits per heavy atom. The quantitative estimate of drug-likeness (QED) is 0.701. The molecule has 0 saturated carbocycles. The number of halogens is 1. The van der Waals surface area contributed by atoms with Crippen molar-refractivity contribution in [3.8, 4) is 0 Å². The average Bonchev–Trinajstić information content (AvgIpc) is 2.68. The van der Waals surface area contributed by atoms with Crippen molar-refractivity contribution in [3.63, 3.8) is 0 Å². The van der Waals surface area contributed by atoms with Crippen LogP contribution in [0.4, 0.5) is 21.6 Å². The second kappa shape index (κ2) is 8.27. The Bertz CT molecular complexity index is 910. The summed E-state index contributed by atoms with van der Waals surface area (Å²) in [4.78, 5) is 14.2. The Morgan fingerprint density at radius 2 is 1.74 bits per heavy atom. The Morgan fingerprint density at radius 1 is 1.00 bits per heavy atom. The summed E-state index contributed by atoms with van der Waals surface area (Å²) in [7, 11) is 3.95. The van der Waals surface area contributed by atoms with Gasteiger partial charge in [-0.05, 0) is 42.5 Å². The number of hydrogen-bond donors (Lipinski definition) is 2. The summed E-state index contributed by atoms with van der Waals surface area (Å²) in [5.41, 5.74) is 2.54. The number of carbonyl (C=O) groups is 1. The molecule has 3 aromatic rings. The molecule has 0 atom stereocenters. The molecule has 0 aliphatic heterocycles. The Labute approximate surface area is 157 Å². The number of nitrogens with one attached hydrogen (secondary N) is 2. The van der Waals surface area contributed by atoms with E-state index < -0.39 is 5.91 Å². The lowest BCUT2D eigenvalue weighted by atomic mass is 10.2.